The Kier molecular flexibility index (Phi) is 7.09. The molecule has 35 heavy (non-hydrogen) atoms. The second-order valence-corrected chi connectivity index (χ2v) is 9.64. The van der Waals surface area contributed by atoms with Gasteiger partial charge in [-0.05, 0) is 29.8 Å². The van der Waals surface area contributed by atoms with Crippen LogP contribution < -0.4 is 9.64 Å². The minimum absolute atomic E-state index is 0.116. The van der Waals surface area contributed by atoms with Crippen molar-refractivity contribution < 1.29 is 23.8 Å². The Morgan fingerprint density at radius 1 is 1.17 bits per heavy atom. The zero-order chi connectivity index (χ0) is 25.2. The Morgan fingerprint density at radius 2 is 1.94 bits per heavy atom. The summed E-state index contributed by atoms with van der Waals surface area (Å²) in [5.74, 6) is 0.603. The fourth-order valence-corrected chi connectivity index (χ4v) is 3.95. The van der Waals surface area contributed by atoms with Crippen LogP contribution in [-0.2, 0) is 23.3 Å². The largest absolute Gasteiger partial charge is 0.491 e. The van der Waals surface area contributed by atoms with Gasteiger partial charge in [-0.15, -0.1) is 10.2 Å². The SMILES string of the molecule is CC(C)(C)c1nnc(CN2Cc3ccccc3N(C(=O)c3ccc(OCCO)cc3Cl)CC2=O)o1. The molecule has 0 radical (unpaired) electrons. The number of carbonyl (C=O) groups excluding carboxylic acids is 2. The predicted octanol–water partition coefficient (Wildman–Crippen LogP) is 3.58. The first-order valence-corrected chi connectivity index (χ1v) is 11.6. The minimum atomic E-state index is -0.404. The van der Waals surface area contributed by atoms with Crippen molar-refractivity contribution in [3.05, 3.63) is 70.4 Å². The van der Waals surface area contributed by atoms with Gasteiger partial charge in [0.05, 0.1) is 23.7 Å². The number of rotatable bonds is 6. The Bertz CT molecular complexity index is 1240. The zero-order valence-corrected chi connectivity index (χ0v) is 20.6. The molecule has 4 rings (SSSR count). The summed E-state index contributed by atoms with van der Waals surface area (Å²) in [7, 11) is 0. The van der Waals surface area contributed by atoms with Crippen LogP contribution in [0.5, 0.6) is 5.75 Å². The van der Waals surface area contributed by atoms with Crippen LogP contribution in [0.25, 0.3) is 0 Å². The van der Waals surface area contributed by atoms with Gasteiger partial charge in [0.1, 0.15) is 18.9 Å². The Morgan fingerprint density at radius 3 is 2.63 bits per heavy atom. The highest BCUT2D eigenvalue weighted by atomic mass is 35.5. The number of benzene rings is 2. The number of aromatic nitrogens is 2. The lowest BCUT2D eigenvalue weighted by Gasteiger charge is -2.23. The molecular weight excluding hydrogens is 472 g/mol. The van der Waals surface area contributed by atoms with E-state index in [4.69, 9.17) is 25.9 Å². The van der Waals surface area contributed by atoms with E-state index >= 15 is 0 Å². The third kappa shape index (κ3) is 5.47. The lowest BCUT2D eigenvalue weighted by Crippen LogP contribution is -2.40. The molecule has 0 aliphatic carbocycles. The van der Waals surface area contributed by atoms with Gasteiger partial charge in [0.25, 0.3) is 5.91 Å². The number of fused-ring (bicyclic) bond motifs is 1. The van der Waals surface area contributed by atoms with Crippen molar-refractivity contribution in [2.45, 2.75) is 39.3 Å². The topological polar surface area (TPSA) is 109 Å². The van der Waals surface area contributed by atoms with Crippen molar-refractivity contribution >= 4 is 29.1 Å². The lowest BCUT2D eigenvalue weighted by molar-refractivity contribution is -0.131. The number of ether oxygens (including phenoxy) is 1. The Hall–Kier alpha value is -3.43. The van der Waals surface area contributed by atoms with Crippen LogP contribution in [0.2, 0.25) is 5.02 Å². The van der Waals surface area contributed by atoms with E-state index in [1.807, 2.05) is 39.0 Å². The summed E-state index contributed by atoms with van der Waals surface area (Å²) in [6.07, 6.45) is 0. The molecule has 2 amide bonds. The quantitative estimate of drug-likeness (QED) is 0.553. The molecule has 1 aliphatic rings. The third-order valence-electron chi connectivity index (χ3n) is 5.50. The first kappa shape index (κ1) is 24.7. The van der Waals surface area contributed by atoms with Crippen LogP contribution in [0.15, 0.2) is 46.9 Å². The molecule has 10 heteroatoms. The number of amides is 2. The number of aliphatic hydroxyl groups is 1. The molecule has 0 bridgehead atoms. The highest BCUT2D eigenvalue weighted by Gasteiger charge is 2.32. The van der Waals surface area contributed by atoms with Crippen molar-refractivity contribution in [1.82, 2.24) is 15.1 Å². The maximum atomic E-state index is 13.5. The molecule has 0 spiro atoms. The molecule has 2 heterocycles. The van der Waals surface area contributed by atoms with E-state index < -0.39 is 5.91 Å². The fourth-order valence-electron chi connectivity index (χ4n) is 3.70. The van der Waals surface area contributed by atoms with Gasteiger partial charge in [-0.1, -0.05) is 50.6 Å². The third-order valence-corrected chi connectivity index (χ3v) is 5.81. The van der Waals surface area contributed by atoms with Crippen molar-refractivity contribution in [3.8, 4) is 5.75 Å². The van der Waals surface area contributed by atoms with Gasteiger partial charge in [-0.25, -0.2) is 0 Å². The van der Waals surface area contributed by atoms with Crippen LogP contribution in [0.4, 0.5) is 5.69 Å². The fraction of sp³-hybridized carbons (Fsp3) is 0.360. The second kappa shape index (κ2) is 10.1. The van der Waals surface area contributed by atoms with Crippen molar-refractivity contribution in [3.63, 3.8) is 0 Å². The number of anilines is 1. The number of para-hydroxylation sites is 1. The molecule has 0 unspecified atom stereocenters. The van der Waals surface area contributed by atoms with Gasteiger partial charge in [0.15, 0.2) is 0 Å². The maximum absolute atomic E-state index is 13.5. The monoisotopic (exact) mass is 498 g/mol. The van der Waals surface area contributed by atoms with Gasteiger partial charge < -0.3 is 19.2 Å². The number of nitrogens with zero attached hydrogens (tertiary/aromatic N) is 4. The number of halogens is 1. The van der Waals surface area contributed by atoms with Crippen molar-refractivity contribution in [2.75, 3.05) is 24.7 Å². The summed E-state index contributed by atoms with van der Waals surface area (Å²) in [6.45, 7) is 6.14. The van der Waals surface area contributed by atoms with E-state index in [1.54, 1.807) is 23.1 Å². The van der Waals surface area contributed by atoms with E-state index in [0.717, 1.165) is 5.56 Å². The molecule has 1 aliphatic heterocycles. The smallest absolute Gasteiger partial charge is 0.260 e. The van der Waals surface area contributed by atoms with E-state index in [2.05, 4.69) is 10.2 Å². The van der Waals surface area contributed by atoms with Crippen molar-refractivity contribution in [2.24, 2.45) is 0 Å². The molecule has 2 aromatic carbocycles. The first-order chi connectivity index (χ1) is 16.7. The van der Waals surface area contributed by atoms with Crippen LogP contribution in [0.3, 0.4) is 0 Å². The summed E-state index contributed by atoms with van der Waals surface area (Å²) in [5.41, 5.74) is 1.37. The molecule has 0 saturated carbocycles. The maximum Gasteiger partial charge on any atom is 0.260 e. The molecule has 9 nitrogen and oxygen atoms in total. The summed E-state index contributed by atoms with van der Waals surface area (Å²) >= 11 is 6.39. The highest BCUT2D eigenvalue weighted by molar-refractivity contribution is 6.34. The standard InChI is InChI=1S/C25H27ClN4O5/c1-25(2,3)24-28-27-21(35-24)14-29-13-16-6-4-5-7-20(16)30(15-22(29)32)23(33)18-9-8-17(12-19(18)26)34-11-10-31/h4-9,12,31H,10-11,13-15H2,1-3H3. The van der Waals surface area contributed by atoms with Gasteiger partial charge in [-0.2, -0.15) is 0 Å². The van der Waals surface area contributed by atoms with Crippen LogP contribution in [-0.4, -0.2) is 51.8 Å². The van der Waals surface area contributed by atoms with Gasteiger partial charge in [-0.3, -0.25) is 14.5 Å². The minimum Gasteiger partial charge on any atom is -0.491 e. The first-order valence-electron chi connectivity index (χ1n) is 11.2. The van der Waals surface area contributed by atoms with E-state index in [9.17, 15) is 9.59 Å². The van der Waals surface area contributed by atoms with Gasteiger partial charge in [0, 0.05) is 17.6 Å². The molecule has 3 aromatic rings. The van der Waals surface area contributed by atoms with E-state index in [-0.39, 0.29) is 54.8 Å². The Labute approximate surface area is 208 Å². The lowest BCUT2D eigenvalue weighted by atomic mass is 9.97. The number of hydrogen-bond acceptors (Lipinski definition) is 7. The average molecular weight is 499 g/mol. The molecular formula is C25H27ClN4O5. The van der Waals surface area contributed by atoms with Crippen LogP contribution in [0.1, 0.15) is 48.5 Å². The number of hydrogen-bond donors (Lipinski definition) is 1. The molecule has 0 atom stereocenters. The summed E-state index contributed by atoms with van der Waals surface area (Å²) in [4.78, 5) is 29.8. The van der Waals surface area contributed by atoms with E-state index in [0.29, 0.717) is 23.2 Å². The molecule has 0 saturated heterocycles. The average Bonchev–Trinajstić information content (AvgIpc) is 3.25. The molecule has 0 fully saturated rings. The van der Waals surface area contributed by atoms with Gasteiger partial charge >= 0.3 is 0 Å². The molecule has 184 valence electrons. The summed E-state index contributed by atoms with van der Waals surface area (Å²) in [6, 6.07) is 12.0. The zero-order valence-electron chi connectivity index (χ0n) is 19.8. The highest BCUT2D eigenvalue weighted by Crippen LogP contribution is 2.31. The summed E-state index contributed by atoms with van der Waals surface area (Å²) in [5, 5.41) is 17.3. The molecule has 1 aromatic heterocycles. The summed E-state index contributed by atoms with van der Waals surface area (Å²) < 4.78 is 11.1. The normalized spacial score (nSPS) is 14.0. The van der Waals surface area contributed by atoms with Crippen molar-refractivity contribution in [1.29, 1.82) is 0 Å². The molecule has 1 N–H and O–H groups in total. The van der Waals surface area contributed by atoms with Crippen LogP contribution in [0, 0.1) is 0 Å². The number of aliphatic hydroxyl groups excluding tert-OH is 1. The van der Waals surface area contributed by atoms with Crippen LogP contribution >= 0.6 is 11.6 Å². The Balaban J connectivity index is 1.60. The van der Waals surface area contributed by atoms with E-state index in [1.165, 1.54) is 11.0 Å². The number of carbonyl (C=O) groups is 2. The predicted molar refractivity (Wildman–Crippen MR) is 129 cm³/mol. The second-order valence-electron chi connectivity index (χ2n) is 9.23. The van der Waals surface area contributed by atoms with Gasteiger partial charge in [0.2, 0.25) is 17.7 Å².